The van der Waals surface area contributed by atoms with Crippen LogP contribution in [0.15, 0.2) is 28.6 Å². The number of nitrogens with two attached hydrogens (primary N) is 1. The number of nitrogens with zero attached hydrogens (tertiary/aromatic N) is 5. The summed E-state index contributed by atoms with van der Waals surface area (Å²) in [6.07, 6.45) is 3.46. The second-order valence-corrected chi connectivity index (χ2v) is 4.63. The largest absolute Gasteiger partial charge is 0.325 e. The van der Waals surface area contributed by atoms with Crippen molar-refractivity contribution in [2.75, 3.05) is 0 Å². The van der Waals surface area contributed by atoms with Crippen LogP contribution in [0.2, 0.25) is 0 Å². The molecule has 0 amide bonds. The molecule has 0 fully saturated rings. The van der Waals surface area contributed by atoms with E-state index in [0.717, 1.165) is 0 Å². The molecule has 7 nitrogen and oxygen atoms in total. The Balaban J connectivity index is 1.96. The quantitative estimate of drug-likeness (QED) is 0.709. The molecule has 0 aliphatic rings. The molecule has 0 atom stereocenters. The molecule has 0 saturated carbocycles. The Hall–Kier alpha value is -2.06. The van der Waals surface area contributed by atoms with Gasteiger partial charge in [-0.15, -0.1) is 16.4 Å². The minimum Gasteiger partial charge on any atom is -0.325 e. The molecule has 3 aromatic heterocycles. The van der Waals surface area contributed by atoms with Crippen molar-refractivity contribution >= 4 is 16.3 Å². The summed E-state index contributed by atoms with van der Waals surface area (Å²) < 4.78 is 3.13. The SMILES string of the molecule is NCc1cn(Cc2cc(=O)n3ccsc3n2)nn1. The van der Waals surface area contributed by atoms with Crippen molar-refractivity contribution in [3.63, 3.8) is 0 Å². The first-order valence-corrected chi connectivity index (χ1v) is 6.19. The van der Waals surface area contributed by atoms with Gasteiger partial charge in [-0.1, -0.05) is 5.21 Å². The van der Waals surface area contributed by atoms with Crippen LogP contribution in [-0.4, -0.2) is 24.4 Å². The van der Waals surface area contributed by atoms with Crippen molar-refractivity contribution in [2.45, 2.75) is 13.1 Å². The van der Waals surface area contributed by atoms with E-state index in [1.165, 1.54) is 21.8 Å². The highest BCUT2D eigenvalue weighted by atomic mass is 32.1. The topological polar surface area (TPSA) is 91.1 Å². The average Bonchev–Trinajstić information content (AvgIpc) is 2.97. The monoisotopic (exact) mass is 262 g/mol. The van der Waals surface area contributed by atoms with E-state index in [9.17, 15) is 4.79 Å². The minimum absolute atomic E-state index is 0.0876. The van der Waals surface area contributed by atoms with Crippen molar-refractivity contribution < 1.29 is 0 Å². The van der Waals surface area contributed by atoms with E-state index in [1.807, 2.05) is 5.38 Å². The van der Waals surface area contributed by atoms with Crippen molar-refractivity contribution in [3.8, 4) is 0 Å². The van der Waals surface area contributed by atoms with Gasteiger partial charge in [0.15, 0.2) is 4.96 Å². The fraction of sp³-hybridized carbons (Fsp3) is 0.200. The van der Waals surface area contributed by atoms with Crippen molar-refractivity contribution in [1.82, 2.24) is 24.4 Å². The lowest BCUT2D eigenvalue weighted by atomic mass is 10.4. The number of hydrogen-bond donors (Lipinski definition) is 1. The van der Waals surface area contributed by atoms with Crippen LogP contribution in [0.5, 0.6) is 0 Å². The number of hydrogen-bond acceptors (Lipinski definition) is 6. The summed E-state index contributed by atoms with van der Waals surface area (Å²) in [6.45, 7) is 0.761. The molecule has 0 bridgehead atoms. The Bertz CT molecular complexity index is 742. The van der Waals surface area contributed by atoms with E-state index in [2.05, 4.69) is 15.3 Å². The van der Waals surface area contributed by atoms with Crippen LogP contribution >= 0.6 is 11.3 Å². The number of rotatable bonds is 3. The van der Waals surface area contributed by atoms with Gasteiger partial charge in [-0.05, 0) is 0 Å². The van der Waals surface area contributed by atoms with E-state index in [-0.39, 0.29) is 5.56 Å². The first kappa shape index (κ1) is 11.1. The molecule has 92 valence electrons. The van der Waals surface area contributed by atoms with E-state index >= 15 is 0 Å². The maximum absolute atomic E-state index is 11.8. The van der Waals surface area contributed by atoms with Crippen LogP contribution in [0.4, 0.5) is 0 Å². The zero-order chi connectivity index (χ0) is 12.5. The first-order chi connectivity index (χ1) is 8.76. The number of thiazole rings is 1. The lowest BCUT2D eigenvalue weighted by molar-refractivity contribution is 0.637. The van der Waals surface area contributed by atoms with Crippen molar-refractivity contribution in [1.29, 1.82) is 0 Å². The molecule has 8 heteroatoms. The molecule has 0 radical (unpaired) electrons. The molecule has 3 heterocycles. The van der Waals surface area contributed by atoms with Gasteiger partial charge in [-0.2, -0.15) is 0 Å². The number of aromatic nitrogens is 5. The van der Waals surface area contributed by atoms with Crippen LogP contribution < -0.4 is 11.3 Å². The maximum Gasteiger partial charge on any atom is 0.258 e. The third-order valence-electron chi connectivity index (χ3n) is 2.48. The molecule has 3 aromatic rings. The van der Waals surface area contributed by atoms with Crippen LogP contribution in [-0.2, 0) is 13.1 Å². The summed E-state index contributed by atoms with van der Waals surface area (Å²) in [7, 11) is 0. The van der Waals surface area contributed by atoms with Gasteiger partial charge in [-0.3, -0.25) is 9.20 Å². The molecule has 0 spiro atoms. The van der Waals surface area contributed by atoms with Crippen molar-refractivity contribution in [2.24, 2.45) is 5.73 Å². The molecular formula is C10H10N6OS. The highest BCUT2D eigenvalue weighted by Gasteiger charge is 2.05. The van der Waals surface area contributed by atoms with Crippen LogP contribution in [0, 0.1) is 0 Å². The lowest BCUT2D eigenvalue weighted by Gasteiger charge is -2.00. The normalized spacial score (nSPS) is 11.2. The van der Waals surface area contributed by atoms with E-state index in [1.54, 1.807) is 17.1 Å². The zero-order valence-corrected chi connectivity index (χ0v) is 10.2. The summed E-state index contributed by atoms with van der Waals surface area (Å²) in [5.41, 5.74) is 6.75. The molecule has 0 aliphatic heterocycles. The van der Waals surface area contributed by atoms with Gasteiger partial charge >= 0.3 is 0 Å². The van der Waals surface area contributed by atoms with Gasteiger partial charge in [0.05, 0.1) is 24.1 Å². The molecule has 0 aliphatic carbocycles. The smallest absolute Gasteiger partial charge is 0.258 e. The summed E-state index contributed by atoms with van der Waals surface area (Å²) in [4.78, 5) is 16.8. The average molecular weight is 262 g/mol. The third kappa shape index (κ3) is 1.91. The fourth-order valence-corrected chi connectivity index (χ4v) is 2.38. The van der Waals surface area contributed by atoms with Gasteiger partial charge < -0.3 is 5.73 Å². The Kier molecular flexibility index (Phi) is 2.65. The Morgan fingerprint density at radius 3 is 3.06 bits per heavy atom. The lowest BCUT2D eigenvalue weighted by Crippen LogP contribution is -2.14. The molecule has 2 N–H and O–H groups in total. The highest BCUT2D eigenvalue weighted by Crippen LogP contribution is 2.07. The Morgan fingerprint density at radius 1 is 1.39 bits per heavy atom. The van der Waals surface area contributed by atoms with E-state index in [0.29, 0.717) is 29.4 Å². The Morgan fingerprint density at radius 2 is 2.28 bits per heavy atom. The molecule has 0 aromatic carbocycles. The minimum atomic E-state index is -0.0876. The van der Waals surface area contributed by atoms with E-state index < -0.39 is 0 Å². The summed E-state index contributed by atoms with van der Waals surface area (Å²) in [5.74, 6) is 0. The van der Waals surface area contributed by atoms with Crippen LogP contribution in [0.3, 0.4) is 0 Å². The predicted molar refractivity (Wildman–Crippen MR) is 66.4 cm³/mol. The summed E-state index contributed by atoms with van der Waals surface area (Å²) in [5, 5.41) is 9.63. The van der Waals surface area contributed by atoms with Gasteiger partial charge in [0.2, 0.25) is 0 Å². The summed E-state index contributed by atoms with van der Waals surface area (Å²) >= 11 is 1.42. The zero-order valence-electron chi connectivity index (χ0n) is 9.35. The predicted octanol–water partition coefficient (Wildman–Crippen LogP) is -0.146. The molecule has 0 unspecified atom stereocenters. The van der Waals surface area contributed by atoms with Gasteiger partial charge in [0.25, 0.3) is 5.56 Å². The second-order valence-electron chi connectivity index (χ2n) is 3.75. The Labute approximate surface area is 106 Å². The van der Waals surface area contributed by atoms with Crippen LogP contribution in [0.1, 0.15) is 11.4 Å². The van der Waals surface area contributed by atoms with Gasteiger partial charge in [-0.25, -0.2) is 9.67 Å². The molecular weight excluding hydrogens is 252 g/mol. The standard InChI is InChI=1S/C10H10N6OS/c11-4-8-6-15(14-13-8)5-7-3-9(17)16-1-2-18-10(16)12-7/h1-3,6H,4-5,11H2. The molecule has 0 saturated heterocycles. The number of fused-ring (bicyclic) bond motifs is 1. The van der Waals surface area contributed by atoms with Gasteiger partial charge in [0, 0.05) is 24.2 Å². The van der Waals surface area contributed by atoms with Crippen LogP contribution in [0.25, 0.3) is 4.96 Å². The molecule has 3 rings (SSSR count). The maximum atomic E-state index is 11.8. The van der Waals surface area contributed by atoms with Gasteiger partial charge in [0.1, 0.15) is 0 Å². The second kappa shape index (κ2) is 4.31. The van der Waals surface area contributed by atoms with E-state index in [4.69, 9.17) is 5.73 Å². The fourth-order valence-electron chi connectivity index (χ4n) is 1.64. The molecule has 18 heavy (non-hydrogen) atoms. The third-order valence-corrected chi connectivity index (χ3v) is 3.23. The van der Waals surface area contributed by atoms with Crippen molar-refractivity contribution in [3.05, 3.63) is 45.6 Å². The summed E-state index contributed by atoms with van der Waals surface area (Å²) in [6, 6.07) is 1.50. The highest BCUT2D eigenvalue weighted by molar-refractivity contribution is 7.15. The first-order valence-electron chi connectivity index (χ1n) is 5.31.